The van der Waals surface area contributed by atoms with E-state index in [1.165, 1.54) is 0 Å². The Bertz CT molecular complexity index is 869. The molecule has 25 heavy (non-hydrogen) atoms. The van der Waals surface area contributed by atoms with Gasteiger partial charge in [0.25, 0.3) is 0 Å². The fourth-order valence-electron chi connectivity index (χ4n) is 3.43. The molecule has 2 aromatic rings. The number of nitrogens with zero attached hydrogens (tertiary/aromatic N) is 1. The Hall–Kier alpha value is -2.93. The molecule has 0 saturated carbocycles. The number of carbonyl (C=O) groups excluding carboxylic acids is 1. The van der Waals surface area contributed by atoms with Crippen molar-refractivity contribution in [1.29, 1.82) is 0 Å². The summed E-state index contributed by atoms with van der Waals surface area (Å²) in [5, 5.41) is 0. The number of rotatable bonds is 2. The number of carbonyl (C=O) groups is 1. The number of anilines is 1. The lowest BCUT2D eigenvalue weighted by Crippen LogP contribution is -2.63. The number of β-lactam (4-membered cyclic amide) rings is 1. The fraction of sp³-hybridized carbons (Fsp3) is 0.278. The smallest absolute Gasteiger partial charge is 0.247 e. The van der Waals surface area contributed by atoms with Gasteiger partial charge in [-0.1, -0.05) is 6.07 Å². The van der Waals surface area contributed by atoms with Crippen LogP contribution in [-0.4, -0.2) is 32.0 Å². The first-order valence-corrected chi connectivity index (χ1v) is 8.10. The average Bonchev–Trinajstić information content (AvgIpc) is 3.12. The van der Waals surface area contributed by atoms with Crippen LogP contribution in [-0.2, 0) is 4.79 Å². The Morgan fingerprint density at radius 3 is 2.44 bits per heavy atom. The Morgan fingerprint density at radius 2 is 1.56 bits per heavy atom. The van der Waals surface area contributed by atoms with Gasteiger partial charge >= 0.3 is 0 Å². The van der Waals surface area contributed by atoms with Crippen LogP contribution in [0, 0.1) is 0 Å². The highest BCUT2D eigenvalue weighted by atomic mass is 16.7. The lowest BCUT2D eigenvalue weighted by Gasteiger charge is -2.45. The van der Waals surface area contributed by atoms with Crippen LogP contribution < -0.4 is 29.6 Å². The fourth-order valence-corrected chi connectivity index (χ4v) is 3.43. The maximum absolute atomic E-state index is 12.4. The number of ether oxygens (including phenoxy) is 4. The van der Waals surface area contributed by atoms with Crippen molar-refractivity contribution < 1.29 is 23.7 Å². The van der Waals surface area contributed by atoms with Crippen LogP contribution >= 0.6 is 0 Å². The van der Waals surface area contributed by atoms with Crippen LogP contribution in [0.2, 0.25) is 0 Å². The van der Waals surface area contributed by atoms with Crippen LogP contribution in [0.15, 0.2) is 36.4 Å². The summed E-state index contributed by atoms with van der Waals surface area (Å²) in [6.45, 7) is 1.23. The lowest BCUT2D eigenvalue weighted by molar-refractivity contribution is -0.126. The first-order valence-electron chi connectivity index (χ1n) is 8.10. The van der Waals surface area contributed by atoms with Gasteiger partial charge < -0.3 is 29.6 Å². The molecular formula is C18H16N2O5. The molecule has 2 atom stereocenters. The summed E-state index contributed by atoms with van der Waals surface area (Å²) in [6, 6.07) is 10.3. The second-order valence-corrected chi connectivity index (χ2v) is 6.12. The second kappa shape index (κ2) is 5.29. The van der Waals surface area contributed by atoms with Gasteiger partial charge in [-0.3, -0.25) is 4.79 Å². The molecule has 0 unspecified atom stereocenters. The van der Waals surface area contributed by atoms with Gasteiger partial charge in [-0.05, 0) is 29.8 Å². The van der Waals surface area contributed by atoms with E-state index in [2.05, 4.69) is 0 Å². The van der Waals surface area contributed by atoms with Crippen LogP contribution in [0.1, 0.15) is 11.6 Å². The molecule has 0 aliphatic carbocycles. The van der Waals surface area contributed by atoms with E-state index in [4.69, 9.17) is 24.7 Å². The quantitative estimate of drug-likeness (QED) is 0.836. The molecule has 0 spiro atoms. The highest BCUT2D eigenvalue weighted by Gasteiger charge is 2.47. The molecule has 1 saturated heterocycles. The molecular weight excluding hydrogens is 324 g/mol. The van der Waals surface area contributed by atoms with E-state index in [9.17, 15) is 4.79 Å². The van der Waals surface area contributed by atoms with Gasteiger partial charge in [0.05, 0.1) is 6.04 Å². The van der Waals surface area contributed by atoms with Crippen molar-refractivity contribution in [2.45, 2.75) is 12.1 Å². The number of nitrogens with two attached hydrogens (primary N) is 1. The molecule has 3 aliphatic rings. The minimum atomic E-state index is -0.589. The summed E-state index contributed by atoms with van der Waals surface area (Å²) in [5.41, 5.74) is 7.73. The normalized spacial score (nSPS) is 23.4. The van der Waals surface area contributed by atoms with Crippen LogP contribution in [0.3, 0.4) is 0 Å². The Balaban J connectivity index is 1.51. The van der Waals surface area contributed by atoms with Crippen molar-refractivity contribution in [1.82, 2.24) is 0 Å². The first kappa shape index (κ1) is 14.4. The highest BCUT2D eigenvalue weighted by molar-refractivity contribution is 6.05. The Kier molecular flexibility index (Phi) is 3.05. The topological polar surface area (TPSA) is 83.3 Å². The second-order valence-electron chi connectivity index (χ2n) is 6.12. The zero-order valence-corrected chi connectivity index (χ0v) is 13.3. The van der Waals surface area contributed by atoms with Crippen molar-refractivity contribution in [3.05, 3.63) is 42.0 Å². The summed E-state index contributed by atoms with van der Waals surface area (Å²) >= 11 is 0. The van der Waals surface area contributed by atoms with Gasteiger partial charge in [0.2, 0.25) is 12.7 Å². The van der Waals surface area contributed by atoms with Crippen molar-refractivity contribution in [3.63, 3.8) is 0 Å². The van der Waals surface area contributed by atoms with Crippen LogP contribution in [0.4, 0.5) is 5.69 Å². The predicted octanol–water partition coefficient (Wildman–Crippen LogP) is 1.60. The summed E-state index contributed by atoms with van der Waals surface area (Å²) in [5.74, 6) is 2.58. The molecule has 7 heteroatoms. The molecule has 3 aliphatic heterocycles. The van der Waals surface area contributed by atoms with Gasteiger partial charge in [-0.25, -0.2) is 0 Å². The summed E-state index contributed by atoms with van der Waals surface area (Å²) in [4.78, 5) is 14.1. The molecule has 0 aromatic heterocycles. The maximum Gasteiger partial charge on any atom is 0.247 e. The third kappa shape index (κ3) is 2.12. The largest absolute Gasteiger partial charge is 0.486 e. The van der Waals surface area contributed by atoms with Crippen LogP contribution in [0.25, 0.3) is 0 Å². The van der Waals surface area contributed by atoms with Gasteiger partial charge in [0, 0.05) is 11.8 Å². The van der Waals surface area contributed by atoms with E-state index in [1.807, 2.05) is 36.4 Å². The molecule has 128 valence electrons. The number of fused-ring (bicyclic) bond motifs is 2. The van der Waals surface area contributed by atoms with Crippen molar-refractivity contribution in [3.8, 4) is 23.0 Å². The Labute approximate surface area is 143 Å². The standard InChI is InChI=1S/C18H16N2O5/c19-16-17(10-1-3-13-14(7-10)25-9-24-13)20(18(16)21)11-2-4-12-15(8-11)23-6-5-22-12/h1-4,7-8,16-17H,5-6,9,19H2/t16-,17-/m1/s1. The average molecular weight is 340 g/mol. The molecule has 2 aromatic carbocycles. The molecule has 1 fully saturated rings. The van der Waals surface area contributed by atoms with Gasteiger partial charge in [-0.15, -0.1) is 0 Å². The van der Waals surface area contributed by atoms with E-state index < -0.39 is 6.04 Å². The zero-order chi connectivity index (χ0) is 17.0. The van der Waals surface area contributed by atoms with E-state index in [1.54, 1.807) is 4.90 Å². The zero-order valence-electron chi connectivity index (χ0n) is 13.3. The number of amides is 1. The van der Waals surface area contributed by atoms with E-state index in [-0.39, 0.29) is 18.7 Å². The number of hydrogen-bond donors (Lipinski definition) is 1. The Morgan fingerprint density at radius 1 is 0.880 bits per heavy atom. The predicted molar refractivity (Wildman–Crippen MR) is 88.2 cm³/mol. The minimum absolute atomic E-state index is 0.126. The van der Waals surface area contributed by atoms with E-state index in [0.29, 0.717) is 36.2 Å². The van der Waals surface area contributed by atoms with E-state index in [0.717, 1.165) is 11.3 Å². The molecule has 0 bridgehead atoms. The van der Waals surface area contributed by atoms with E-state index >= 15 is 0 Å². The summed E-state index contributed by atoms with van der Waals surface area (Å²) < 4.78 is 21.9. The maximum atomic E-state index is 12.4. The molecule has 5 rings (SSSR count). The molecule has 0 radical (unpaired) electrons. The summed E-state index contributed by atoms with van der Waals surface area (Å²) in [7, 11) is 0. The van der Waals surface area contributed by atoms with Crippen molar-refractivity contribution in [2.75, 3.05) is 24.9 Å². The lowest BCUT2D eigenvalue weighted by atomic mass is 9.88. The minimum Gasteiger partial charge on any atom is -0.486 e. The van der Waals surface area contributed by atoms with Gasteiger partial charge in [-0.2, -0.15) is 0 Å². The van der Waals surface area contributed by atoms with Gasteiger partial charge in [0.1, 0.15) is 19.3 Å². The molecule has 3 heterocycles. The molecule has 2 N–H and O–H groups in total. The first-order chi connectivity index (χ1) is 12.2. The number of hydrogen-bond acceptors (Lipinski definition) is 6. The monoisotopic (exact) mass is 340 g/mol. The third-order valence-corrected chi connectivity index (χ3v) is 4.68. The summed E-state index contributed by atoms with van der Waals surface area (Å²) in [6.07, 6.45) is 0. The van der Waals surface area contributed by atoms with Crippen molar-refractivity contribution in [2.24, 2.45) is 5.73 Å². The van der Waals surface area contributed by atoms with Crippen LogP contribution in [0.5, 0.6) is 23.0 Å². The van der Waals surface area contributed by atoms with Crippen molar-refractivity contribution >= 4 is 11.6 Å². The highest BCUT2D eigenvalue weighted by Crippen LogP contribution is 2.44. The molecule has 1 amide bonds. The number of benzene rings is 2. The van der Waals surface area contributed by atoms with Gasteiger partial charge in [0.15, 0.2) is 23.0 Å². The SMILES string of the molecule is N[C@H]1C(=O)N(c2ccc3c(c2)OCCO3)[C@@H]1c1ccc2c(c1)OCO2. The molecule has 7 nitrogen and oxygen atoms in total. The third-order valence-electron chi connectivity index (χ3n) is 4.68.